The normalized spacial score (nSPS) is 18.3. The first kappa shape index (κ1) is 11.8. The zero-order valence-corrected chi connectivity index (χ0v) is 22.5. The van der Waals surface area contributed by atoms with Crippen LogP contribution in [0.5, 0.6) is 0 Å². The van der Waals surface area contributed by atoms with Crippen LogP contribution in [0.4, 0.5) is 0 Å². The minimum atomic E-state index is -0.865. The monoisotopic (exact) mass is 577 g/mol. The molecule has 0 aliphatic carbocycles. The molecule has 9 aromatic rings. The van der Waals surface area contributed by atoms with Crippen molar-refractivity contribution in [2.45, 2.75) is 0 Å². The van der Waals surface area contributed by atoms with Crippen LogP contribution in [0, 0.1) is 0 Å². The van der Waals surface area contributed by atoms with Gasteiger partial charge in [0.25, 0.3) is 0 Å². The minimum absolute atomic E-state index is 0.0949. The third-order valence-electron chi connectivity index (χ3n) is 7.60. The molecule has 0 spiro atoms. The van der Waals surface area contributed by atoms with Gasteiger partial charge in [-0.1, -0.05) is 151 Å². The fourth-order valence-corrected chi connectivity index (χ4v) is 5.63. The number of hydrogen-bond donors (Lipinski definition) is 0. The second-order valence-electron chi connectivity index (χ2n) is 10.1. The fraction of sp³-hybridized carbons (Fsp3) is 0. The molecule has 0 bridgehead atoms. The Morgan fingerprint density at radius 2 is 0.977 bits per heavy atom. The number of rotatable bonds is 3. The Kier molecular flexibility index (Phi) is 2.65. The van der Waals surface area contributed by atoms with Crippen molar-refractivity contribution in [3.05, 3.63) is 169 Å². The molecule has 0 aliphatic rings. The molecule has 0 saturated heterocycles. The van der Waals surface area contributed by atoms with Crippen LogP contribution in [-0.2, 0) is 0 Å². The standard InChI is InChI=1S/C44H28/c1-3-13-32-26-35(22-20-29(32)10-1)43-39-17-7-8-18-40(39)44(36-23-21-30-11-2-4-14-33(30)27-36)42-28-34(24-25-41(42)43)38-19-9-15-31-12-5-6-16-37(31)38/h1-28H/i2D,4D,5D,6D,7D,8D,9D,11D,12D,14D,15D,16D,17D,18D,19D,21D,23D,24D,25D,27D,28D. The van der Waals surface area contributed by atoms with Crippen molar-refractivity contribution in [1.29, 1.82) is 0 Å². The Morgan fingerprint density at radius 3 is 1.82 bits per heavy atom. The van der Waals surface area contributed by atoms with Gasteiger partial charge in [0.15, 0.2) is 0 Å². The summed E-state index contributed by atoms with van der Waals surface area (Å²) in [6.07, 6.45) is 0. The summed E-state index contributed by atoms with van der Waals surface area (Å²) in [6.45, 7) is 0. The van der Waals surface area contributed by atoms with E-state index in [0.29, 0.717) is 5.39 Å². The van der Waals surface area contributed by atoms with Crippen molar-refractivity contribution >= 4 is 53.9 Å². The molecule has 0 aromatic heterocycles. The first-order valence-corrected chi connectivity index (χ1v) is 13.6. The maximum atomic E-state index is 10.1. The predicted octanol–water partition coefficient (Wildman–Crippen LogP) is 12.5. The second kappa shape index (κ2) is 9.93. The number of benzene rings is 9. The molecule has 0 heterocycles. The van der Waals surface area contributed by atoms with E-state index in [2.05, 4.69) is 0 Å². The largest absolute Gasteiger partial charge is 0.0636 e. The Morgan fingerprint density at radius 1 is 0.341 bits per heavy atom. The van der Waals surface area contributed by atoms with Crippen LogP contribution in [-0.4, -0.2) is 0 Å². The Hall–Kier alpha value is -5.72. The van der Waals surface area contributed by atoms with Gasteiger partial charge >= 0.3 is 0 Å². The lowest BCUT2D eigenvalue weighted by molar-refractivity contribution is 1.66. The Balaban J connectivity index is 1.67. The van der Waals surface area contributed by atoms with Crippen molar-refractivity contribution < 1.29 is 28.8 Å². The smallest absolute Gasteiger partial charge is 0.0616 e. The van der Waals surface area contributed by atoms with E-state index in [9.17, 15) is 9.60 Å². The van der Waals surface area contributed by atoms with Gasteiger partial charge in [0.05, 0.1) is 28.8 Å². The number of fused-ring (bicyclic) bond motifs is 5. The van der Waals surface area contributed by atoms with Gasteiger partial charge in [-0.15, -0.1) is 0 Å². The van der Waals surface area contributed by atoms with E-state index in [-0.39, 0.29) is 21.9 Å². The van der Waals surface area contributed by atoms with Crippen molar-refractivity contribution in [3.8, 4) is 33.4 Å². The molecular weight excluding hydrogens is 528 g/mol. The topological polar surface area (TPSA) is 0 Å². The van der Waals surface area contributed by atoms with Crippen LogP contribution < -0.4 is 0 Å². The van der Waals surface area contributed by atoms with Gasteiger partial charge in [-0.2, -0.15) is 0 Å². The maximum absolute atomic E-state index is 10.1. The molecule has 204 valence electrons. The molecular formula is C44H28. The third-order valence-corrected chi connectivity index (χ3v) is 7.60. The van der Waals surface area contributed by atoms with Crippen molar-refractivity contribution in [3.63, 3.8) is 0 Å². The van der Waals surface area contributed by atoms with Crippen molar-refractivity contribution in [2.75, 3.05) is 0 Å². The van der Waals surface area contributed by atoms with Gasteiger partial charge in [0.2, 0.25) is 0 Å². The molecule has 9 rings (SSSR count). The van der Waals surface area contributed by atoms with Crippen LogP contribution in [0.15, 0.2) is 169 Å². The van der Waals surface area contributed by atoms with E-state index in [1.807, 2.05) is 6.07 Å². The molecule has 0 atom stereocenters. The lowest BCUT2D eigenvalue weighted by atomic mass is 9.84. The SMILES string of the molecule is [2H]c1c([2H])c([2H])c2c([2H])c(-c3c4c([2H])c([2H])c([2H])c([2H])c4c(-c4ccc5ccccc5c4)c4c([2H])c([2H])c(-c5c([2H])c([2H])c([2H])c6c([2H])c([2H])c([2H])c([2H])c56)c([2H])c34)c([2H])c([2H])c2c1[2H]. The second-order valence-corrected chi connectivity index (χ2v) is 10.1. The summed E-state index contributed by atoms with van der Waals surface area (Å²) in [5, 5.41) is -2.26. The zero-order valence-electron chi connectivity index (χ0n) is 43.5. The molecule has 0 heteroatoms. The summed E-state index contributed by atoms with van der Waals surface area (Å²) in [4.78, 5) is 0. The molecule has 0 saturated carbocycles. The van der Waals surface area contributed by atoms with Crippen molar-refractivity contribution in [1.82, 2.24) is 0 Å². The molecule has 0 N–H and O–H groups in total. The highest BCUT2D eigenvalue weighted by Gasteiger charge is 2.18. The van der Waals surface area contributed by atoms with E-state index >= 15 is 0 Å². The summed E-state index contributed by atoms with van der Waals surface area (Å²) in [7, 11) is 0. The summed E-state index contributed by atoms with van der Waals surface area (Å²) in [6, 6.07) is -4.44. The first-order valence-electron chi connectivity index (χ1n) is 24.1. The van der Waals surface area contributed by atoms with E-state index in [1.54, 1.807) is 36.4 Å². The third kappa shape index (κ3) is 3.92. The van der Waals surface area contributed by atoms with Crippen LogP contribution in [0.2, 0.25) is 0 Å². The van der Waals surface area contributed by atoms with E-state index in [4.69, 9.17) is 19.2 Å². The van der Waals surface area contributed by atoms with Crippen LogP contribution >= 0.6 is 0 Å². The predicted molar refractivity (Wildman–Crippen MR) is 190 cm³/mol. The molecule has 0 aliphatic heterocycles. The van der Waals surface area contributed by atoms with E-state index in [0.717, 1.165) is 5.39 Å². The quantitative estimate of drug-likeness (QED) is 0.183. The molecule has 0 unspecified atom stereocenters. The van der Waals surface area contributed by atoms with Gasteiger partial charge in [-0.25, -0.2) is 0 Å². The molecule has 0 nitrogen and oxygen atoms in total. The highest BCUT2D eigenvalue weighted by atomic mass is 14.2. The van der Waals surface area contributed by atoms with Crippen LogP contribution in [0.3, 0.4) is 0 Å². The summed E-state index contributed by atoms with van der Waals surface area (Å²) in [5.41, 5.74) is -2.33. The zero-order chi connectivity index (χ0) is 47.3. The minimum Gasteiger partial charge on any atom is -0.0616 e. The maximum Gasteiger partial charge on any atom is 0.0636 e. The average Bonchev–Trinajstić information content (AvgIpc) is 3.29. The highest BCUT2D eigenvalue weighted by Crippen LogP contribution is 2.46. The molecule has 0 radical (unpaired) electrons. The summed E-state index contributed by atoms with van der Waals surface area (Å²) in [5.74, 6) is 0. The van der Waals surface area contributed by atoms with Gasteiger partial charge in [0.1, 0.15) is 0 Å². The molecule has 9 aromatic carbocycles. The summed E-state index contributed by atoms with van der Waals surface area (Å²) >= 11 is 0. The lowest BCUT2D eigenvalue weighted by Gasteiger charge is -2.19. The van der Waals surface area contributed by atoms with E-state index < -0.39 is 181 Å². The van der Waals surface area contributed by atoms with Gasteiger partial charge in [-0.05, 0) is 105 Å². The lowest BCUT2D eigenvalue weighted by Crippen LogP contribution is -1.92. The number of hydrogen-bond acceptors (Lipinski definition) is 0. The van der Waals surface area contributed by atoms with Gasteiger partial charge < -0.3 is 0 Å². The fourth-order valence-electron chi connectivity index (χ4n) is 5.63. The summed E-state index contributed by atoms with van der Waals surface area (Å²) < 4.78 is 190. The molecule has 0 amide bonds. The molecule has 44 heavy (non-hydrogen) atoms. The van der Waals surface area contributed by atoms with Crippen molar-refractivity contribution in [2.24, 2.45) is 0 Å². The van der Waals surface area contributed by atoms with Crippen LogP contribution in [0.1, 0.15) is 28.8 Å². The average molecular weight is 578 g/mol. The highest BCUT2D eigenvalue weighted by molar-refractivity contribution is 6.22. The Bertz CT molecular complexity index is 3720. The van der Waals surface area contributed by atoms with Gasteiger partial charge in [-0.3, -0.25) is 0 Å². The van der Waals surface area contributed by atoms with E-state index in [1.165, 1.54) is 0 Å². The van der Waals surface area contributed by atoms with Gasteiger partial charge in [0, 0.05) is 0 Å². The first-order chi connectivity index (χ1) is 30.6. The Labute approximate surface area is 286 Å². The van der Waals surface area contributed by atoms with Crippen LogP contribution in [0.25, 0.3) is 87.2 Å². The molecule has 0 fully saturated rings.